The van der Waals surface area contributed by atoms with E-state index in [0.29, 0.717) is 5.54 Å². The minimum Gasteiger partial charge on any atom is -0.149 e. The van der Waals surface area contributed by atoms with Crippen LogP contribution in [0.2, 0.25) is 6.82 Å². The summed E-state index contributed by atoms with van der Waals surface area (Å²) in [6.07, 6.45) is 5.97. The SMILES string of the molecule is CB(Br)C1=C=CC=C1. The van der Waals surface area contributed by atoms with Crippen molar-refractivity contribution >= 4 is 21.3 Å². The van der Waals surface area contributed by atoms with Gasteiger partial charge in [0.15, 0.2) is 0 Å². The molecule has 0 atom stereocenters. The Morgan fingerprint density at radius 3 is 2.75 bits per heavy atom. The van der Waals surface area contributed by atoms with Crippen molar-refractivity contribution in [2.75, 3.05) is 0 Å². The van der Waals surface area contributed by atoms with E-state index >= 15 is 0 Å². The van der Waals surface area contributed by atoms with Crippen molar-refractivity contribution in [2.45, 2.75) is 6.82 Å². The van der Waals surface area contributed by atoms with E-state index in [4.69, 9.17) is 0 Å². The number of hydrogen-bond donors (Lipinski definition) is 0. The first-order chi connectivity index (χ1) is 3.80. The van der Waals surface area contributed by atoms with Crippen molar-refractivity contribution in [3.05, 3.63) is 29.4 Å². The third-order valence-corrected chi connectivity index (χ3v) is 1.54. The fraction of sp³-hybridized carbons (Fsp3) is 0.167. The molecule has 0 saturated heterocycles. The maximum absolute atomic E-state index is 3.43. The van der Waals surface area contributed by atoms with Crippen LogP contribution in [0.15, 0.2) is 29.4 Å². The van der Waals surface area contributed by atoms with Crippen LogP contribution in [-0.4, -0.2) is 5.54 Å². The van der Waals surface area contributed by atoms with Crippen molar-refractivity contribution in [1.82, 2.24) is 0 Å². The van der Waals surface area contributed by atoms with E-state index in [1.54, 1.807) is 0 Å². The highest BCUT2D eigenvalue weighted by atomic mass is 79.9. The summed E-state index contributed by atoms with van der Waals surface area (Å²) in [7, 11) is 0. The standard InChI is InChI=1S/C6H6BBr/c1-7(8)6-4-2-3-5-6/h2-4H,1H3. The summed E-state index contributed by atoms with van der Waals surface area (Å²) in [5.41, 5.74) is 4.76. The number of rotatable bonds is 1. The molecule has 0 aromatic heterocycles. The molecule has 0 saturated carbocycles. The fourth-order valence-corrected chi connectivity index (χ4v) is 0.876. The summed E-state index contributed by atoms with van der Waals surface area (Å²) in [4.78, 5) is 0. The highest BCUT2D eigenvalue weighted by Gasteiger charge is 2.05. The first-order valence-corrected chi connectivity index (χ1v) is 3.49. The molecule has 0 spiro atoms. The Kier molecular flexibility index (Phi) is 1.77. The lowest BCUT2D eigenvalue weighted by Crippen LogP contribution is -1.95. The molecular formula is C6H6BBr. The zero-order chi connectivity index (χ0) is 5.98. The first-order valence-electron chi connectivity index (χ1n) is 2.58. The lowest BCUT2D eigenvalue weighted by atomic mass is 9.73. The van der Waals surface area contributed by atoms with Gasteiger partial charge in [0.05, 0.1) is 0 Å². The van der Waals surface area contributed by atoms with Crippen LogP contribution in [0.3, 0.4) is 0 Å². The Labute approximate surface area is 58.0 Å². The summed E-state index contributed by atoms with van der Waals surface area (Å²) in [6, 6.07) is 0. The van der Waals surface area contributed by atoms with E-state index in [0.717, 1.165) is 0 Å². The van der Waals surface area contributed by atoms with Gasteiger partial charge in [0, 0.05) is 0 Å². The summed E-state index contributed by atoms with van der Waals surface area (Å²) >= 11 is 3.43. The molecule has 0 unspecified atom stereocenters. The van der Waals surface area contributed by atoms with Crippen LogP contribution in [0, 0.1) is 0 Å². The molecule has 0 nitrogen and oxygen atoms in total. The van der Waals surface area contributed by atoms with Crippen molar-refractivity contribution in [3.63, 3.8) is 0 Å². The van der Waals surface area contributed by atoms with Crippen molar-refractivity contribution < 1.29 is 0 Å². The molecule has 0 radical (unpaired) electrons. The van der Waals surface area contributed by atoms with Crippen LogP contribution in [0.25, 0.3) is 0 Å². The molecule has 0 aromatic carbocycles. The molecule has 1 aliphatic rings. The Hall–Kier alpha value is -0.195. The van der Waals surface area contributed by atoms with Crippen LogP contribution in [-0.2, 0) is 0 Å². The lowest BCUT2D eigenvalue weighted by Gasteiger charge is -1.90. The van der Waals surface area contributed by atoms with Gasteiger partial charge >= 0.3 is 0 Å². The van der Waals surface area contributed by atoms with Crippen LogP contribution in [0.1, 0.15) is 0 Å². The van der Waals surface area contributed by atoms with E-state index in [-0.39, 0.29) is 0 Å². The van der Waals surface area contributed by atoms with Gasteiger partial charge < -0.3 is 0 Å². The first kappa shape index (κ1) is 5.93. The molecule has 0 fully saturated rings. The maximum Gasteiger partial charge on any atom is 0.261 e. The van der Waals surface area contributed by atoms with E-state index in [9.17, 15) is 0 Å². The Morgan fingerprint density at radius 2 is 2.50 bits per heavy atom. The third-order valence-electron chi connectivity index (χ3n) is 1.05. The smallest absolute Gasteiger partial charge is 0.149 e. The second-order valence-corrected chi connectivity index (χ2v) is 3.11. The van der Waals surface area contributed by atoms with Crippen molar-refractivity contribution in [1.29, 1.82) is 0 Å². The lowest BCUT2D eigenvalue weighted by molar-refractivity contribution is 1.95. The molecule has 0 N–H and O–H groups in total. The predicted molar refractivity (Wildman–Crippen MR) is 41.3 cm³/mol. The molecule has 40 valence electrons. The van der Waals surface area contributed by atoms with Gasteiger partial charge in [-0.2, -0.15) is 0 Å². The second-order valence-electron chi connectivity index (χ2n) is 1.74. The summed E-state index contributed by atoms with van der Waals surface area (Å²) in [5.74, 6) is 0. The van der Waals surface area contributed by atoms with Gasteiger partial charge in [0.25, 0.3) is 5.54 Å². The van der Waals surface area contributed by atoms with Gasteiger partial charge in [-0.25, -0.2) is 0 Å². The zero-order valence-corrected chi connectivity index (χ0v) is 6.27. The predicted octanol–water partition coefficient (Wildman–Crippen LogP) is 2.19. The van der Waals surface area contributed by atoms with Gasteiger partial charge in [-0.1, -0.05) is 19.0 Å². The Morgan fingerprint density at radius 1 is 1.75 bits per heavy atom. The van der Waals surface area contributed by atoms with Gasteiger partial charge in [-0.15, -0.1) is 21.5 Å². The number of halogens is 1. The molecular weight excluding hydrogens is 163 g/mol. The van der Waals surface area contributed by atoms with Crippen LogP contribution in [0.4, 0.5) is 0 Å². The summed E-state index contributed by atoms with van der Waals surface area (Å²) < 4.78 is 0. The molecule has 1 rings (SSSR count). The molecule has 8 heavy (non-hydrogen) atoms. The molecule has 0 aromatic rings. The van der Waals surface area contributed by atoms with Crippen LogP contribution in [0.5, 0.6) is 0 Å². The van der Waals surface area contributed by atoms with E-state index in [2.05, 4.69) is 34.4 Å². The Bertz CT molecular complexity index is 173. The minimum absolute atomic E-state index is 0.442. The van der Waals surface area contributed by atoms with Crippen LogP contribution >= 0.6 is 15.8 Å². The number of allylic oxidation sites excluding steroid dienone is 3. The van der Waals surface area contributed by atoms with E-state index in [1.165, 1.54) is 5.47 Å². The molecule has 0 heterocycles. The van der Waals surface area contributed by atoms with Crippen LogP contribution < -0.4 is 0 Å². The fourth-order valence-electron chi connectivity index (χ4n) is 0.592. The summed E-state index contributed by atoms with van der Waals surface area (Å²) in [5, 5.41) is 0. The molecule has 2 heteroatoms. The molecule has 0 aliphatic heterocycles. The zero-order valence-electron chi connectivity index (χ0n) is 4.69. The molecule has 0 amide bonds. The summed E-state index contributed by atoms with van der Waals surface area (Å²) in [6.45, 7) is 2.09. The molecule has 1 aliphatic carbocycles. The highest BCUT2D eigenvalue weighted by Crippen LogP contribution is 2.10. The quantitative estimate of drug-likeness (QED) is 0.416. The van der Waals surface area contributed by atoms with Crippen molar-refractivity contribution in [3.8, 4) is 0 Å². The third kappa shape index (κ3) is 1.15. The van der Waals surface area contributed by atoms with E-state index in [1.807, 2.05) is 12.2 Å². The van der Waals surface area contributed by atoms with E-state index < -0.39 is 0 Å². The monoisotopic (exact) mass is 168 g/mol. The minimum atomic E-state index is 0.442. The van der Waals surface area contributed by atoms with Crippen molar-refractivity contribution in [2.24, 2.45) is 0 Å². The maximum atomic E-state index is 3.43. The highest BCUT2D eigenvalue weighted by molar-refractivity contribution is 9.24. The average Bonchev–Trinajstić information content (AvgIpc) is 2.12. The van der Waals surface area contributed by atoms with Gasteiger partial charge in [0.1, 0.15) is 0 Å². The number of hydrogen-bond acceptors (Lipinski definition) is 0. The average molecular weight is 169 g/mol. The largest absolute Gasteiger partial charge is 0.261 e. The van der Waals surface area contributed by atoms with Gasteiger partial charge in [-0.3, -0.25) is 0 Å². The van der Waals surface area contributed by atoms with Gasteiger partial charge in [0.2, 0.25) is 0 Å². The van der Waals surface area contributed by atoms with Gasteiger partial charge in [-0.05, 0) is 11.5 Å². The molecule has 0 bridgehead atoms. The topological polar surface area (TPSA) is 0 Å². The normalized spacial score (nSPS) is 14.5. The second kappa shape index (κ2) is 2.39. The Balaban J connectivity index is 2.74.